The van der Waals surface area contributed by atoms with Crippen LogP contribution in [0.25, 0.3) is 0 Å². The molecule has 0 bridgehead atoms. The van der Waals surface area contributed by atoms with Gasteiger partial charge in [-0.2, -0.15) is 0 Å². The second-order valence-electron chi connectivity index (χ2n) is 5.38. The van der Waals surface area contributed by atoms with Crippen molar-refractivity contribution in [3.05, 3.63) is 11.8 Å². The predicted octanol–water partition coefficient (Wildman–Crippen LogP) is 1.11. The molecule has 0 heterocycles. The maximum Gasteiger partial charge on any atom is 0.407 e. The van der Waals surface area contributed by atoms with Gasteiger partial charge < -0.3 is 24.8 Å². The van der Waals surface area contributed by atoms with Crippen LogP contribution in [0.5, 0.6) is 0 Å². The number of alkyl carbamates (subject to hydrolysis) is 1. The Labute approximate surface area is 136 Å². The van der Waals surface area contributed by atoms with Crippen LogP contribution in [0, 0.1) is 0 Å². The minimum Gasteiger partial charge on any atom is -0.462 e. The minimum absolute atomic E-state index is 0.149. The maximum absolute atomic E-state index is 11.7. The molecule has 0 rings (SSSR count). The molecule has 0 atom stereocenters. The van der Waals surface area contributed by atoms with Crippen LogP contribution in [0.3, 0.4) is 0 Å². The molecule has 0 aromatic carbocycles. The van der Waals surface area contributed by atoms with Gasteiger partial charge in [0.1, 0.15) is 5.60 Å². The molecule has 0 radical (unpaired) electrons. The molecule has 0 saturated heterocycles. The smallest absolute Gasteiger partial charge is 0.407 e. The summed E-state index contributed by atoms with van der Waals surface area (Å²) in [5.41, 5.74) is -0.802. The zero-order valence-corrected chi connectivity index (χ0v) is 14.4. The molecule has 0 aliphatic carbocycles. The van der Waals surface area contributed by atoms with Crippen LogP contribution < -0.4 is 10.6 Å². The maximum atomic E-state index is 11.7. The largest absolute Gasteiger partial charge is 0.462 e. The van der Waals surface area contributed by atoms with Crippen molar-refractivity contribution in [3.63, 3.8) is 0 Å². The first-order valence-electron chi connectivity index (χ1n) is 7.45. The van der Waals surface area contributed by atoms with Gasteiger partial charge in [-0.25, -0.2) is 14.4 Å². The van der Waals surface area contributed by atoms with E-state index in [9.17, 15) is 14.4 Å². The van der Waals surface area contributed by atoms with Gasteiger partial charge in [0.15, 0.2) is 5.57 Å². The molecular formula is C15H26N2O6. The van der Waals surface area contributed by atoms with Gasteiger partial charge in [-0.3, -0.25) is 0 Å². The van der Waals surface area contributed by atoms with E-state index in [1.165, 1.54) is 6.20 Å². The lowest BCUT2D eigenvalue weighted by atomic mass is 10.2. The van der Waals surface area contributed by atoms with Gasteiger partial charge in [-0.1, -0.05) is 0 Å². The van der Waals surface area contributed by atoms with Crippen LogP contribution >= 0.6 is 0 Å². The molecule has 0 fully saturated rings. The van der Waals surface area contributed by atoms with Gasteiger partial charge in [0.2, 0.25) is 0 Å². The number of hydrogen-bond donors (Lipinski definition) is 2. The third-order valence-electron chi connectivity index (χ3n) is 2.17. The monoisotopic (exact) mass is 330 g/mol. The molecule has 132 valence electrons. The highest BCUT2D eigenvalue weighted by atomic mass is 16.6. The van der Waals surface area contributed by atoms with Crippen molar-refractivity contribution in [2.75, 3.05) is 26.3 Å². The Hall–Kier alpha value is -2.25. The van der Waals surface area contributed by atoms with Crippen molar-refractivity contribution in [2.45, 2.75) is 40.2 Å². The molecule has 0 spiro atoms. The molecule has 1 amide bonds. The summed E-state index contributed by atoms with van der Waals surface area (Å²) in [7, 11) is 0. The van der Waals surface area contributed by atoms with Gasteiger partial charge in [0, 0.05) is 19.3 Å². The van der Waals surface area contributed by atoms with E-state index >= 15 is 0 Å². The minimum atomic E-state index is -0.765. The van der Waals surface area contributed by atoms with Crippen LogP contribution in [-0.4, -0.2) is 49.9 Å². The molecule has 0 unspecified atom stereocenters. The fraction of sp³-hybridized carbons (Fsp3) is 0.667. The third kappa shape index (κ3) is 10.2. The number of rotatable bonds is 8. The Morgan fingerprint density at radius 1 is 0.957 bits per heavy atom. The van der Waals surface area contributed by atoms with Crippen molar-refractivity contribution in [1.29, 1.82) is 0 Å². The lowest BCUT2D eigenvalue weighted by Gasteiger charge is -2.19. The Kier molecular flexibility index (Phi) is 9.45. The van der Waals surface area contributed by atoms with Crippen LogP contribution in [0.1, 0.15) is 34.6 Å². The SMILES string of the molecule is CCOC(=O)C(=CNCCNC(=O)OC(C)(C)C)C(=O)OCC. The Bertz CT molecular complexity index is 420. The fourth-order valence-electron chi connectivity index (χ4n) is 1.34. The Balaban J connectivity index is 4.37. The third-order valence-corrected chi connectivity index (χ3v) is 2.17. The van der Waals surface area contributed by atoms with Gasteiger partial charge >= 0.3 is 18.0 Å². The standard InChI is InChI=1S/C15H26N2O6/c1-6-21-12(18)11(13(19)22-7-2)10-16-8-9-17-14(20)23-15(3,4)5/h10,16H,6-9H2,1-5H3,(H,17,20). The number of nitrogens with one attached hydrogen (secondary N) is 2. The van der Waals surface area contributed by atoms with Gasteiger partial charge in [0.25, 0.3) is 0 Å². The van der Waals surface area contributed by atoms with E-state index in [0.29, 0.717) is 6.54 Å². The Morgan fingerprint density at radius 3 is 1.91 bits per heavy atom. The summed E-state index contributed by atoms with van der Waals surface area (Å²) in [6, 6.07) is 0. The first kappa shape index (κ1) is 20.8. The summed E-state index contributed by atoms with van der Waals surface area (Å²) in [5, 5.41) is 5.28. The lowest BCUT2D eigenvalue weighted by Crippen LogP contribution is -2.35. The lowest BCUT2D eigenvalue weighted by molar-refractivity contribution is -0.146. The summed E-state index contributed by atoms with van der Waals surface area (Å²) >= 11 is 0. The van der Waals surface area contributed by atoms with E-state index in [1.54, 1.807) is 34.6 Å². The molecule has 0 saturated carbocycles. The number of amides is 1. The topological polar surface area (TPSA) is 103 Å². The number of ether oxygens (including phenoxy) is 3. The van der Waals surface area contributed by atoms with Crippen molar-refractivity contribution in [1.82, 2.24) is 10.6 Å². The van der Waals surface area contributed by atoms with Gasteiger partial charge in [-0.05, 0) is 34.6 Å². The van der Waals surface area contributed by atoms with Crippen LogP contribution in [0.15, 0.2) is 11.8 Å². The number of carbonyl (C=O) groups is 3. The molecule has 0 aromatic rings. The molecule has 0 aliphatic heterocycles. The van der Waals surface area contributed by atoms with E-state index in [4.69, 9.17) is 14.2 Å². The molecule has 0 aliphatic rings. The highest BCUT2D eigenvalue weighted by Crippen LogP contribution is 2.06. The van der Waals surface area contributed by atoms with Crippen LogP contribution in [-0.2, 0) is 23.8 Å². The Morgan fingerprint density at radius 2 is 1.48 bits per heavy atom. The van der Waals surface area contributed by atoms with Crippen molar-refractivity contribution in [3.8, 4) is 0 Å². The second-order valence-corrected chi connectivity index (χ2v) is 5.38. The highest BCUT2D eigenvalue weighted by molar-refractivity contribution is 6.13. The van der Waals surface area contributed by atoms with E-state index in [0.717, 1.165) is 0 Å². The molecule has 23 heavy (non-hydrogen) atoms. The highest BCUT2D eigenvalue weighted by Gasteiger charge is 2.20. The molecule has 8 nitrogen and oxygen atoms in total. The summed E-state index contributed by atoms with van der Waals surface area (Å²) in [6.07, 6.45) is 0.673. The number of carbonyl (C=O) groups excluding carboxylic acids is 3. The fourth-order valence-corrected chi connectivity index (χ4v) is 1.34. The predicted molar refractivity (Wildman–Crippen MR) is 83.6 cm³/mol. The van der Waals surface area contributed by atoms with Crippen molar-refractivity contribution < 1.29 is 28.6 Å². The molecule has 0 aromatic heterocycles. The van der Waals surface area contributed by atoms with E-state index < -0.39 is 23.6 Å². The summed E-state index contributed by atoms with van der Waals surface area (Å²) in [4.78, 5) is 34.8. The molecule has 2 N–H and O–H groups in total. The summed E-state index contributed by atoms with van der Waals surface area (Å²) in [5.74, 6) is -1.53. The van der Waals surface area contributed by atoms with E-state index in [2.05, 4.69) is 10.6 Å². The van der Waals surface area contributed by atoms with Gasteiger partial charge in [-0.15, -0.1) is 0 Å². The first-order valence-corrected chi connectivity index (χ1v) is 7.45. The van der Waals surface area contributed by atoms with Crippen LogP contribution in [0.4, 0.5) is 4.79 Å². The average Bonchev–Trinajstić information content (AvgIpc) is 2.41. The van der Waals surface area contributed by atoms with Crippen molar-refractivity contribution in [2.24, 2.45) is 0 Å². The second kappa shape index (κ2) is 10.5. The zero-order valence-electron chi connectivity index (χ0n) is 14.4. The van der Waals surface area contributed by atoms with E-state index in [1.807, 2.05) is 0 Å². The average molecular weight is 330 g/mol. The number of esters is 2. The normalized spacial score (nSPS) is 10.3. The molecule has 8 heteroatoms. The van der Waals surface area contributed by atoms with Crippen LogP contribution in [0.2, 0.25) is 0 Å². The summed E-state index contributed by atoms with van der Waals surface area (Å²) < 4.78 is 14.6. The quantitative estimate of drug-likeness (QED) is 0.172. The number of hydrogen-bond acceptors (Lipinski definition) is 7. The van der Waals surface area contributed by atoms with E-state index in [-0.39, 0.29) is 25.3 Å². The summed E-state index contributed by atoms with van der Waals surface area (Å²) in [6.45, 7) is 9.41. The molecular weight excluding hydrogens is 304 g/mol. The zero-order chi connectivity index (χ0) is 17.9. The van der Waals surface area contributed by atoms with Crippen molar-refractivity contribution >= 4 is 18.0 Å². The first-order chi connectivity index (χ1) is 10.7. The van der Waals surface area contributed by atoms with Gasteiger partial charge in [0.05, 0.1) is 13.2 Å².